The number of aromatic nitrogens is 3. The number of thioether (sulfide) groups is 2. The number of hydrogen-bond acceptors (Lipinski definition) is 11. The van der Waals surface area contributed by atoms with E-state index in [1.54, 1.807) is 12.4 Å². The number of hydrogen-bond donors (Lipinski definition) is 5. The second-order valence-corrected chi connectivity index (χ2v) is 10.0. The van der Waals surface area contributed by atoms with Gasteiger partial charge in [-0.1, -0.05) is 16.5 Å². The van der Waals surface area contributed by atoms with Gasteiger partial charge in [-0.3, -0.25) is 19.6 Å². The van der Waals surface area contributed by atoms with Gasteiger partial charge in [-0.2, -0.15) is 9.49 Å². The topological polar surface area (TPSA) is 187 Å². The summed E-state index contributed by atoms with van der Waals surface area (Å²) in [6.07, 6.45) is 4.10. The lowest BCUT2D eigenvalue weighted by Crippen LogP contribution is -2.71. The number of aliphatic carboxylic acids is 1. The molecule has 2 amide bonds. The average Bonchev–Trinajstić information content (AvgIpc) is 3.41. The van der Waals surface area contributed by atoms with Crippen molar-refractivity contribution in [2.75, 3.05) is 17.2 Å². The minimum Gasteiger partial charge on any atom is -0.477 e. The predicted octanol–water partition coefficient (Wildman–Crippen LogP) is 0.438. The molecule has 0 saturated carbocycles. The lowest BCUT2D eigenvalue weighted by molar-refractivity contribution is -0.150. The molecule has 33 heavy (non-hydrogen) atoms. The van der Waals surface area contributed by atoms with E-state index in [1.807, 2.05) is 0 Å². The highest BCUT2D eigenvalue weighted by Gasteiger charge is 2.54. The SMILES string of the molecule is Nc1nc(/C(=N/O)C(=O)N[C@@H]2C(=O)N3C(C(=O)O)=C(SCCc4cn[nH]c4)CS[C@@H]23)c(F)s1. The number of nitrogens with two attached hydrogens (primary N) is 1. The summed E-state index contributed by atoms with van der Waals surface area (Å²) in [5, 5.41) is 28.9. The number of nitrogen functional groups attached to an aromatic ring is 1. The molecule has 12 nitrogen and oxygen atoms in total. The van der Waals surface area contributed by atoms with Gasteiger partial charge in [0, 0.05) is 22.6 Å². The van der Waals surface area contributed by atoms with E-state index < -0.39 is 45.7 Å². The van der Waals surface area contributed by atoms with Crippen molar-refractivity contribution < 1.29 is 29.1 Å². The quantitative estimate of drug-likeness (QED) is 0.143. The molecule has 1 saturated heterocycles. The number of aromatic amines is 1. The molecule has 0 unspecified atom stereocenters. The van der Waals surface area contributed by atoms with Crippen LogP contribution in [0.1, 0.15) is 11.3 Å². The number of H-pyrrole nitrogens is 1. The lowest BCUT2D eigenvalue weighted by atomic mass is 10.0. The zero-order valence-electron chi connectivity index (χ0n) is 16.5. The first-order valence-electron chi connectivity index (χ1n) is 9.28. The van der Waals surface area contributed by atoms with Crippen LogP contribution in [-0.2, 0) is 20.8 Å². The van der Waals surface area contributed by atoms with Gasteiger partial charge in [0.15, 0.2) is 10.8 Å². The number of nitrogens with zero attached hydrogens (tertiary/aromatic N) is 4. The number of carboxylic acid groups (broad SMARTS) is 1. The van der Waals surface area contributed by atoms with Gasteiger partial charge in [0.05, 0.1) is 6.20 Å². The van der Waals surface area contributed by atoms with Crippen molar-refractivity contribution in [3.63, 3.8) is 0 Å². The fraction of sp³-hybridized carbons (Fsp3) is 0.294. The zero-order chi connectivity index (χ0) is 23.7. The lowest BCUT2D eigenvalue weighted by Gasteiger charge is -2.49. The number of oxime groups is 1. The number of thiazole rings is 1. The number of fused-ring (bicyclic) bond motifs is 1. The van der Waals surface area contributed by atoms with Gasteiger partial charge >= 0.3 is 5.97 Å². The molecule has 0 spiro atoms. The summed E-state index contributed by atoms with van der Waals surface area (Å²) >= 11 is 3.09. The third-order valence-electron chi connectivity index (χ3n) is 4.79. The zero-order valence-corrected chi connectivity index (χ0v) is 19.0. The van der Waals surface area contributed by atoms with Crippen LogP contribution in [0.4, 0.5) is 9.52 Å². The van der Waals surface area contributed by atoms with E-state index in [0.29, 0.717) is 34.2 Å². The molecule has 0 aliphatic carbocycles. The molecule has 4 heterocycles. The van der Waals surface area contributed by atoms with Crippen molar-refractivity contribution in [3.8, 4) is 0 Å². The van der Waals surface area contributed by atoms with Gasteiger partial charge in [0.25, 0.3) is 11.8 Å². The molecule has 4 rings (SSSR count). The molecule has 16 heteroatoms. The Bertz CT molecular complexity index is 1170. The van der Waals surface area contributed by atoms with Crippen LogP contribution >= 0.6 is 34.9 Å². The number of rotatable bonds is 8. The Labute approximate surface area is 197 Å². The third-order valence-corrected chi connectivity index (χ3v) is 8.02. The predicted molar refractivity (Wildman–Crippen MR) is 119 cm³/mol. The number of β-lactam (4-membered cyclic amide) rings is 1. The van der Waals surface area contributed by atoms with Crippen LogP contribution in [0.2, 0.25) is 0 Å². The highest BCUT2D eigenvalue weighted by Crippen LogP contribution is 2.43. The highest BCUT2D eigenvalue weighted by atomic mass is 32.2. The number of halogens is 1. The molecule has 2 aliphatic heterocycles. The van der Waals surface area contributed by atoms with Crippen LogP contribution in [0.3, 0.4) is 0 Å². The Hall–Kier alpha value is -3.11. The van der Waals surface area contributed by atoms with E-state index in [9.17, 15) is 29.1 Å². The minimum atomic E-state index is -1.25. The molecular weight excluding hydrogens is 497 g/mol. The Morgan fingerprint density at radius 1 is 1.48 bits per heavy atom. The first-order chi connectivity index (χ1) is 15.8. The summed E-state index contributed by atoms with van der Waals surface area (Å²) in [6, 6.07) is -1.08. The summed E-state index contributed by atoms with van der Waals surface area (Å²) in [7, 11) is 0. The first kappa shape index (κ1) is 23.1. The van der Waals surface area contributed by atoms with Gasteiger partial charge in [0.2, 0.25) is 5.13 Å². The molecule has 174 valence electrons. The van der Waals surface area contributed by atoms with Crippen LogP contribution in [0, 0.1) is 5.13 Å². The van der Waals surface area contributed by atoms with Crippen LogP contribution in [0.25, 0.3) is 0 Å². The van der Waals surface area contributed by atoms with E-state index in [2.05, 4.69) is 25.7 Å². The minimum absolute atomic E-state index is 0.124. The van der Waals surface area contributed by atoms with E-state index in [-0.39, 0.29) is 10.8 Å². The highest BCUT2D eigenvalue weighted by molar-refractivity contribution is 8.06. The van der Waals surface area contributed by atoms with E-state index in [4.69, 9.17) is 5.73 Å². The fourth-order valence-electron chi connectivity index (χ4n) is 3.28. The number of carboxylic acids is 1. The maximum Gasteiger partial charge on any atom is 0.353 e. The Balaban J connectivity index is 1.45. The van der Waals surface area contributed by atoms with E-state index in [0.717, 1.165) is 10.5 Å². The summed E-state index contributed by atoms with van der Waals surface area (Å²) in [5.74, 6) is -2.00. The molecule has 2 atom stereocenters. The van der Waals surface area contributed by atoms with Gasteiger partial charge in [-0.05, 0) is 12.0 Å². The summed E-state index contributed by atoms with van der Waals surface area (Å²) in [4.78, 5) is 42.5. The van der Waals surface area contributed by atoms with Gasteiger partial charge in [-0.15, -0.1) is 23.5 Å². The molecule has 2 aromatic rings. The molecule has 2 aromatic heterocycles. The Morgan fingerprint density at radius 3 is 2.88 bits per heavy atom. The van der Waals surface area contributed by atoms with Gasteiger partial charge in [0.1, 0.15) is 22.8 Å². The number of nitrogens with one attached hydrogen (secondary N) is 2. The third kappa shape index (κ3) is 4.40. The van der Waals surface area contributed by atoms with Crippen LogP contribution < -0.4 is 11.1 Å². The summed E-state index contributed by atoms with van der Waals surface area (Å²) in [6.45, 7) is 0. The van der Waals surface area contributed by atoms with Crippen LogP contribution in [0.15, 0.2) is 28.2 Å². The van der Waals surface area contributed by atoms with E-state index >= 15 is 0 Å². The van der Waals surface area contributed by atoms with Gasteiger partial charge in [-0.25, -0.2) is 9.78 Å². The van der Waals surface area contributed by atoms with E-state index in [1.165, 1.54) is 23.5 Å². The molecule has 1 fully saturated rings. The number of carbonyl (C=O) groups is 3. The van der Waals surface area contributed by atoms with Crippen molar-refractivity contribution in [1.82, 2.24) is 25.4 Å². The standard InChI is InChI=1S/C17H16FN7O5S3/c18-12-8(23-17(19)33-12)9(24-30)13(26)22-10-14(27)25-11(16(28)29)7(5-32-15(10)25)31-2-1-6-3-20-21-4-6/h3-4,10,15,30H,1-2,5H2,(H2,19,23)(H,20,21)(H,22,26)(H,28,29)/b24-9-/t10-,15+/m1/s1. The summed E-state index contributed by atoms with van der Waals surface area (Å²) in [5.41, 5.74) is 4.98. The Morgan fingerprint density at radius 2 is 2.27 bits per heavy atom. The largest absolute Gasteiger partial charge is 0.477 e. The average molecular weight is 514 g/mol. The number of amides is 2. The molecule has 0 aromatic carbocycles. The molecule has 0 radical (unpaired) electrons. The normalized spacial score (nSPS) is 20.5. The van der Waals surface area contributed by atoms with Crippen molar-refractivity contribution in [3.05, 3.63) is 39.4 Å². The summed E-state index contributed by atoms with van der Waals surface area (Å²) < 4.78 is 13.9. The second-order valence-electron chi connectivity index (χ2n) is 6.77. The van der Waals surface area contributed by atoms with Crippen LogP contribution in [0.5, 0.6) is 0 Å². The maximum absolute atomic E-state index is 13.9. The first-order valence-corrected chi connectivity index (χ1v) is 12.1. The fourth-order valence-corrected chi connectivity index (χ4v) is 6.48. The van der Waals surface area contributed by atoms with Gasteiger partial charge < -0.3 is 21.4 Å². The second kappa shape index (κ2) is 9.40. The number of carbonyl (C=O) groups excluding carboxylic acids is 2. The molecule has 0 bridgehead atoms. The molecule has 2 aliphatic rings. The monoisotopic (exact) mass is 513 g/mol. The number of aryl methyl sites for hydroxylation is 1. The number of anilines is 1. The van der Waals surface area contributed by atoms with Crippen LogP contribution in [-0.4, -0.2) is 76.8 Å². The van der Waals surface area contributed by atoms with Crippen molar-refractivity contribution >= 4 is 63.5 Å². The molecule has 6 N–H and O–H groups in total. The Kier molecular flexibility index (Phi) is 6.57. The van der Waals surface area contributed by atoms with Crippen molar-refractivity contribution in [1.29, 1.82) is 0 Å². The smallest absolute Gasteiger partial charge is 0.353 e. The maximum atomic E-state index is 13.9. The van der Waals surface area contributed by atoms with Crippen molar-refractivity contribution in [2.45, 2.75) is 17.8 Å². The molecular formula is C17H16FN7O5S3. The van der Waals surface area contributed by atoms with Crippen molar-refractivity contribution in [2.24, 2.45) is 5.16 Å².